The van der Waals surface area contributed by atoms with Gasteiger partial charge < -0.3 is 10.2 Å². The number of nitrogens with one attached hydrogen (secondary N) is 1. The smallest absolute Gasteiger partial charge is 0.243 e. The number of sulfonamides is 1. The van der Waals surface area contributed by atoms with Gasteiger partial charge in [0.25, 0.3) is 0 Å². The molecule has 2 bridgehead atoms. The van der Waals surface area contributed by atoms with Crippen molar-refractivity contribution in [3.63, 3.8) is 0 Å². The Morgan fingerprint density at radius 2 is 1.75 bits per heavy atom. The fraction of sp³-hybridized carbons (Fsp3) is 0.600. The SMILES string of the molecule is CC(=O)c1ccc(S(=O)(=O)N2CCN(C(=S)N[C@@H]3C[C@H]4CC[C@@H]3C4)CC2)cc1. The van der Waals surface area contributed by atoms with Gasteiger partial charge in [-0.25, -0.2) is 8.42 Å². The van der Waals surface area contributed by atoms with E-state index in [1.807, 2.05) is 0 Å². The Kier molecular flexibility index (Phi) is 5.46. The first-order valence-electron chi connectivity index (χ1n) is 10.0. The molecule has 1 aliphatic heterocycles. The number of piperazine rings is 1. The zero-order chi connectivity index (χ0) is 19.9. The van der Waals surface area contributed by atoms with E-state index >= 15 is 0 Å². The highest BCUT2D eigenvalue weighted by Crippen LogP contribution is 2.44. The minimum atomic E-state index is -3.55. The molecule has 0 radical (unpaired) electrons. The molecule has 2 aliphatic carbocycles. The number of carbonyl (C=O) groups excluding carboxylic acids is 1. The lowest BCUT2D eigenvalue weighted by Gasteiger charge is -2.37. The number of hydrogen-bond acceptors (Lipinski definition) is 4. The van der Waals surface area contributed by atoms with Crippen molar-refractivity contribution in [3.05, 3.63) is 29.8 Å². The van der Waals surface area contributed by atoms with Crippen LogP contribution in [0.25, 0.3) is 0 Å². The van der Waals surface area contributed by atoms with Crippen LogP contribution in [-0.2, 0) is 10.0 Å². The Morgan fingerprint density at radius 1 is 1.07 bits per heavy atom. The molecule has 1 heterocycles. The van der Waals surface area contributed by atoms with Gasteiger partial charge in [0.1, 0.15) is 0 Å². The molecule has 1 aromatic rings. The Bertz CT molecular complexity index is 861. The number of benzene rings is 1. The molecule has 3 aliphatic rings. The zero-order valence-corrected chi connectivity index (χ0v) is 17.8. The summed E-state index contributed by atoms with van der Waals surface area (Å²) in [6.07, 6.45) is 5.21. The monoisotopic (exact) mass is 421 g/mol. The van der Waals surface area contributed by atoms with Crippen LogP contribution in [0.5, 0.6) is 0 Å². The van der Waals surface area contributed by atoms with E-state index in [-0.39, 0.29) is 10.7 Å². The van der Waals surface area contributed by atoms with Crippen LogP contribution in [0.1, 0.15) is 43.0 Å². The molecule has 152 valence electrons. The number of rotatable bonds is 4. The maximum Gasteiger partial charge on any atom is 0.243 e. The lowest BCUT2D eigenvalue weighted by atomic mass is 9.95. The summed E-state index contributed by atoms with van der Waals surface area (Å²) in [7, 11) is -3.55. The largest absolute Gasteiger partial charge is 0.360 e. The van der Waals surface area contributed by atoms with Gasteiger partial charge in [0.15, 0.2) is 10.9 Å². The van der Waals surface area contributed by atoms with E-state index in [4.69, 9.17) is 12.2 Å². The first-order valence-corrected chi connectivity index (χ1v) is 11.9. The third-order valence-corrected chi connectivity index (χ3v) is 8.76. The number of carbonyl (C=O) groups is 1. The van der Waals surface area contributed by atoms with Gasteiger partial charge in [0.05, 0.1) is 4.90 Å². The van der Waals surface area contributed by atoms with Crippen LogP contribution in [0.3, 0.4) is 0 Å². The predicted molar refractivity (Wildman–Crippen MR) is 112 cm³/mol. The molecule has 0 unspecified atom stereocenters. The van der Waals surface area contributed by atoms with Crippen molar-refractivity contribution in [1.29, 1.82) is 0 Å². The van der Waals surface area contributed by atoms with Crippen LogP contribution < -0.4 is 5.32 Å². The number of hydrogen-bond donors (Lipinski definition) is 1. The fourth-order valence-electron chi connectivity index (χ4n) is 4.81. The average molecular weight is 422 g/mol. The molecule has 0 aromatic heterocycles. The normalized spacial score (nSPS) is 27.8. The highest BCUT2D eigenvalue weighted by Gasteiger charge is 2.40. The van der Waals surface area contributed by atoms with Crippen molar-refractivity contribution in [3.8, 4) is 0 Å². The molecule has 3 atom stereocenters. The summed E-state index contributed by atoms with van der Waals surface area (Å²) in [6, 6.07) is 6.66. The molecule has 3 fully saturated rings. The molecule has 0 amide bonds. The van der Waals surface area contributed by atoms with Crippen molar-refractivity contribution < 1.29 is 13.2 Å². The topological polar surface area (TPSA) is 69.7 Å². The third-order valence-electron chi connectivity index (χ3n) is 6.47. The highest BCUT2D eigenvalue weighted by atomic mass is 32.2. The summed E-state index contributed by atoms with van der Waals surface area (Å²) in [5.41, 5.74) is 0.515. The van der Waals surface area contributed by atoms with Crippen molar-refractivity contribution in [2.75, 3.05) is 26.2 Å². The van der Waals surface area contributed by atoms with Crippen LogP contribution in [-0.4, -0.2) is 60.7 Å². The van der Waals surface area contributed by atoms with E-state index in [1.165, 1.54) is 49.0 Å². The van der Waals surface area contributed by atoms with E-state index in [0.717, 1.165) is 16.9 Å². The summed E-state index contributed by atoms with van der Waals surface area (Å²) < 4.78 is 27.3. The lowest BCUT2D eigenvalue weighted by Crippen LogP contribution is -2.54. The summed E-state index contributed by atoms with van der Waals surface area (Å²) in [5, 5.41) is 4.30. The van der Waals surface area contributed by atoms with Crippen LogP contribution in [0.15, 0.2) is 29.2 Å². The Balaban J connectivity index is 1.34. The first kappa shape index (κ1) is 19.8. The molecular weight excluding hydrogens is 394 g/mol. The van der Waals surface area contributed by atoms with Crippen LogP contribution in [0.4, 0.5) is 0 Å². The number of nitrogens with zero attached hydrogens (tertiary/aromatic N) is 2. The van der Waals surface area contributed by atoms with Gasteiger partial charge in [-0.05, 0) is 62.4 Å². The molecular formula is C20H27N3O3S2. The molecule has 2 saturated carbocycles. The predicted octanol–water partition coefficient (Wildman–Crippen LogP) is 2.26. The Labute approximate surface area is 172 Å². The highest BCUT2D eigenvalue weighted by molar-refractivity contribution is 7.89. The van der Waals surface area contributed by atoms with E-state index in [0.29, 0.717) is 37.8 Å². The van der Waals surface area contributed by atoms with E-state index in [2.05, 4.69) is 10.2 Å². The summed E-state index contributed by atoms with van der Waals surface area (Å²) >= 11 is 5.61. The molecule has 28 heavy (non-hydrogen) atoms. The number of thiocarbonyl (C=S) groups is 1. The standard InChI is InChI=1S/C20H27N3O3S2/c1-14(24)16-4-6-18(7-5-16)28(25,26)23-10-8-22(9-11-23)20(27)21-19-13-15-2-3-17(19)12-15/h4-7,15,17,19H,2-3,8-13H2,1H3,(H,21,27)/t15-,17+,19+/m0/s1. The lowest BCUT2D eigenvalue weighted by molar-refractivity contribution is 0.101. The van der Waals surface area contributed by atoms with Gasteiger partial charge in [-0.3, -0.25) is 4.79 Å². The molecule has 1 saturated heterocycles. The minimum absolute atomic E-state index is 0.0749. The quantitative estimate of drug-likeness (QED) is 0.594. The van der Waals surface area contributed by atoms with Gasteiger partial charge in [0, 0.05) is 37.8 Å². The molecule has 6 nitrogen and oxygen atoms in total. The number of ketones is 1. The first-order chi connectivity index (χ1) is 13.3. The van der Waals surface area contributed by atoms with Crippen molar-refractivity contribution in [2.24, 2.45) is 11.8 Å². The molecule has 8 heteroatoms. The zero-order valence-electron chi connectivity index (χ0n) is 16.1. The second-order valence-electron chi connectivity index (χ2n) is 8.20. The fourth-order valence-corrected chi connectivity index (χ4v) is 6.57. The molecule has 0 spiro atoms. The van der Waals surface area contributed by atoms with Crippen molar-refractivity contribution >= 4 is 33.1 Å². The average Bonchev–Trinajstić information content (AvgIpc) is 3.31. The molecule has 4 rings (SSSR count). The maximum atomic E-state index is 12.9. The molecule has 1 N–H and O–H groups in total. The third kappa shape index (κ3) is 3.82. The molecule has 1 aromatic carbocycles. The van der Waals surface area contributed by atoms with Crippen LogP contribution in [0.2, 0.25) is 0 Å². The van der Waals surface area contributed by atoms with Crippen LogP contribution >= 0.6 is 12.2 Å². The van der Waals surface area contributed by atoms with E-state index in [9.17, 15) is 13.2 Å². The summed E-state index contributed by atoms with van der Waals surface area (Å²) in [5.74, 6) is 1.54. The Morgan fingerprint density at radius 3 is 2.29 bits per heavy atom. The second-order valence-corrected chi connectivity index (χ2v) is 10.5. The van der Waals surface area contributed by atoms with E-state index in [1.54, 1.807) is 12.1 Å². The van der Waals surface area contributed by atoms with Gasteiger partial charge in [-0.15, -0.1) is 0 Å². The minimum Gasteiger partial charge on any atom is -0.360 e. The van der Waals surface area contributed by atoms with Crippen LogP contribution in [0, 0.1) is 11.8 Å². The van der Waals surface area contributed by atoms with Crippen molar-refractivity contribution in [1.82, 2.24) is 14.5 Å². The number of fused-ring (bicyclic) bond motifs is 2. The Hall–Kier alpha value is -1.51. The summed E-state index contributed by atoms with van der Waals surface area (Å²) in [6.45, 7) is 3.48. The summed E-state index contributed by atoms with van der Waals surface area (Å²) in [4.78, 5) is 13.7. The second kappa shape index (κ2) is 7.72. The van der Waals surface area contributed by atoms with Gasteiger partial charge in [-0.1, -0.05) is 18.6 Å². The van der Waals surface area contributed by atoms with Crippen molar-refractivity contribution in [2.45, 2.75) is 43.5 Å². The number of Topliss-reactive ketones (excluding diaryl/α,β-unsaturated/α-hetero) is 1. The van der Waals surface area contributed by atoms with Gasteiger partial charge in [-0.2, -0.15) is 4.31 Å². The van der Waals surface area contributed by atoms with Gasteiger partial charge in [0.2, 0.25) is 10.0 Å². The maximum absolute atomic E-state index is 12.9. The van der Waals surface area contributed by atoms with Gasteiger partial charge >= 0.3 is 0 Å². The van der Waals surface area contributed by atoms with E-state index < -0.39 is 10.0 Å².